The van der Waals surface area contributed by atoms with Crippen LogP contribution in [0, 0.1) is 5.92 Å². The first-order chi connectivity index (χ1) is 13.0. The van der Waals surface area contributed by atoms with Gasteiger partial charge in [0.15, 0.2) is 5.96 Å². The number of hydrogen-bond donors (Lipinski definition) is 3. The number of amides is 1. The number of guanidine groups is 1. The molecule has 0 spiro atoms. The second-order valence-electron chi connectivity index (χ2n) is 9.37. The molecule has 9 nitrogen and oxygen atoms in total. The highest BCUT2D eigenvalue weighted by Crippen LogP contribution is 2.11. The number of nitrogens with zero attached hydrogens (tertiary/aromatic N) is 2. The highest BCUT2D eigenvalue weighted by molar-refractivity contribution is 7.88. The molecule has 0 saturated carbocycles. The van der Waals surface area contributed by atoms with Gasteiger partial charge in [-0.1, -0.05) is 13.8 Å². The lowest BCUT2D eigenvalue weighted by Gasteiger charge is -2.30. The van der Waals surface area contributed by atoms with Crippen LogP contribution in [-0.4, -0.2) is 76.0 Å². The number of aliphatic imine (C=N–C) groups is 1. The molecule has 0 aliphatic carbocycles. The van der Waals surface area contributed by atoms with Gasteiger partial charge in [-0.15, -0.1) is 0 Å². The zero-order valence-electron chi connectivity index (χ0n) is 19.7. The van der Waals surface area contributed by atoms with E-state index in [2.05, 4.69) is 34.2 Å². The molecule has 1 unspecified atom stereocenters. The third-order valence-corrected chi connectivity index (χ3v) is 4.93. The van der Waals surface area contributed by atoms with E-state index in [0.717, 1.165) is 6.26 Å². The largest absolute Gasteiger partial charge is 0.444 e. The van der Waals surface area contributed by atoms with Crippen LogP contribution >= 0.6 is 0 Å². The number of rotatable bonds is 9. The van der Waals surface area contributed by atoms with Crippen LogP contribution in [0.3, 0.4) is 0 Å². The Morgan fingerprint density at radius 2 is 1.72 bits per heavy atom. The van der Waals surface area contributed by atoms with Crippen LogP contribution in [0.15, 0.2) is 4.99 Å². The summed E-state index contributed by atoms with van der Waals surface area (Å²) in [6.07, 6.45) is 1.42. The molecule has 0 rings (SSSR count). The summed E-state index contributed by atoms with van der Waals surface area (Å²) >= 11 is 0. The average molecular weight is 436 g/mol. The molecule has 0 aliphatic heterocycles. The summed E-state index contributed by atoms with van der Waals surface area (Å²) in [5.74, 6) is 0.886. The zero-order valence-corrected chi connectivity index (χ0v) is 20.5. The highest BCUT2D eigenvalue weighted by atomic mass is 32.2. The molecule has 0 bridgehead atoms. The lowest BCUT2D eigenvalue weighted by atomic mass is 10.0. The van der Waals surface area contributed by atoms with Gasteiger partial charge in [-0.25, -0.2) is 17.9 Å². The van der Waals surface area contributed by atoms with Crippen LogP contribution in [0.5, 0.6) is 0 Å². The molecule has 1 atom stereocenters. The van der Waals surface area contributed by atoms with Crippen molar-refractivity contribution in [3.8, 4) is 0 Å². The van der Waals surface area contributed by atoms with Crippen molar-refractivity contribution in [3.05, 3.63) is 0 Å². The fraction of sp³-hybridized carbons (Fsp3) is 0.895. The molecular weight excluding hydrogens is 394 g/mol. The number of alkyl carbamates (subject to hydrolysis) is 1. The van der Waals surface area contributed by atoms with Crippen molar-refractivity contribution in [2.75, 3.05) is 33.4 Å². The fourth-order valence-electron chi connectivity index (χ4n) is 2.69. The van der Waals surface area contributed by atoms with Gasteiger partial charge in [-0.05, 0) is 47.0 Å². The van der Waals surface area contributed by atoms with Gasteiger partial charge in [0.05, 0.1) is 6.26 Å². The highest BCUT2D eigenvalue weighted by Gasteiger charge is 2.24. The first kappa shape index (κ1) is 27.5. The maximum Gasteiger partial charge on any atom is 0.407 e. The Bertz CT molecular complexity index is 654. The summed E-state index contributed by atoms with van der Waals surface area (Å²) in [6, 6.07) is -0.0475. The minimum atomic E-state index is -3.31. The van der Waals surface area contributed by atoms with Crippen molar-refractivity contribution in [3.63, 3.8) is 0 Å². The Kier molecular flexibility index (Phi) is 10.4. The van der Waals surface area contributed by atoms with Gasteiger partial charge in [-0.2, -0.15) is 0 Å². The molecule has 0 radical (unpaired) electrons. The van der Waals surface area contributed by atoms with E-state index in [0.29, 0.717) is 25.5 Å². The molecule has 3 N–H and O–H groups in total. The van der Waals surface area contributed by atoms with Gasteiger partial charge in [0.1, 0.15) is 5.60 Å². The zero-order chi connectivity index (χ0) is 23.0. The van der Waals surface area contributed by atoms with E-state index < -0.39 is 27.3 Å². The number of carbonyl (C=O) groups excluding carboxylic acids is 1. The van der Waals surface area contributed by atoms with Crippen molar-refractivity contribution in [2.45, 2.75) is 72.1 Å². The molecule has 0 saturated heterocycles. The van der Waals surface area contributed by atoms with E-state index in [9.17, 15) is 13.2 Å². The lowest BCUT2D eigenvalue weighted by Crippen LogP contribution is -2.53. The third-order valence-electron chi connectivity index (χ3n) is 4.01. The maximum atomic E-state index is 12.1. The Balaban J connectivity index is 4.79. The van der Waals surface area contributed by atoms with Gasteiger partial charge in [-0.3, -0.25) is 4.99 Å². The first-order valence-electron chi connectivity index (χ1n) is 9.86. The first-order valence-corrected chi connectivity index (χ1v) is 11.7. The third kappa shape index (κ3) is 13.3. The standard InChI is InChI=1S/C19H41N5O4S/c1-14(2)15(22-17(25)28-18(3,4)5)11-12-24(9)16(20-8)21-13-19(6,7)23-29(10,26)27/h14-15,23H,11-13H2,1-10H3,(H,20,21)(H,22,25). The molecule has 172 valence electrons. The van der Waals surface area contributed by atoms with Crippen LogP contribution in [0.2, 0.25) is 0 Å². The minimum Gasteiger partial charge on any atom is -0.444 e. The summed E-state index contributed by atoms with van der Waals surface area (Å²) in [5, 5.41) is 6.14. The monoisotopic (exact) mass is 435 g/mol. The summed E-state index contributed by atoms with van der Waals surface area (Å²) in [7, 11) is 0.267. The number of sulfonamides is 1. The maximum absolute atomic E-state index is 12.1. The van der Waals surface area contributed by atoms with Crippen molar-refractivity contribution >= 4 is 22.1 Å². The second kappa shape index (κ2) is 11.0. The lowest BCUT2D eigenvalue weighted by molar-refractivity contribution is 0.0485. The molecule has 29 heavy (non-hydrogen) atoms. The molecule has 0 aromatic heterocycles. The van der Waals surface area contributed by atoms with Crippen molar-refractivity contribution < 1.29 is 17.9 Å². The van der Waals surface area contributed by atoms with Gasteiger partial charge < -0.3 is 20.3 Å². The summed E-state index contributed by atoms with van der Waals surface area (Å²) < 4.78 is 30.9. The van der Waals surface area contributed by atoms with Crippen LogP contribution in [-0.2, 0) is 14.8 Å². The van der Waals surface area contributed by atoms with Crippen LogP contribution in [0.1, 0.15) is 54.9 Å². The van der Waals surface area contributed by atoms with E-state index in [1.54, 1.807) is 20.9 Å². The number of hydrogen-bond acceptors (Lipinski definition) is 5. The molecule has 1 amide bonds. The molecule has 10 heteroatoms. The minimum absolute atomic E-state index is 0.0475. The average Bonchev–Trinajstić information content (AvgIpc) is 2.47. The number of carbonyl (C=O) groups is 1. The smallest absolute Gasteiger partial charge is 0.407 e. The molecule has 0 aromatic rings. The van der Waals surface area contributed by atoms with Crippen LogP contribution in [0.4, 0.5) is 4.79 Å². The molecule has 0 aromatic carbocycles. The Hall–Kier alpha value is -1.55. The van der Waals surface area contributed by atoms with Gasteiger partial charge in [0.25, 0.3) is 0 Å². The van der Waals surface area contributed by atoms with Gasteiger partial charge in [0.2, 0.25) is 10.0 Å². The van der Waals surface area contributed by atoms with Crippen molar-refractivity contribution in [1.29, 1.82) is 0 Å². The van der Waals surface area contributed by atoms with Crippen molar-refractivity contribution in [1.82, 2.24) is 20.3 Å². The summed E-state index contributed by atoms with van der Waals surface area (Å²) in [6.45, 7) is 14.2. The van der Waals surface area contributed by atoms with Crippen LogP contribution in [0.25, 0.3) is 0 Å². The number of nitrogens with one attached hydrogen (secondary N) is 3. The second-order valence-corrected chi connectivity index (χ2v) is 11.1. The molecule has 0 aliphatic rings. The normalized spacial score (nSPS) is 14.5. The Morgan fingerprint density at radius 3 is 2.14 bits per heavy atom. The predicted molar refractivity (Wildman–Crippen MR) is 119 cm³/mol. The molecule has 0 fully saturated rings. The molecule has 0 heterocycles. The number of ether oxygens (including phenoxy) is 1. The van der Waals surface area contributed by atoms with E-state index in [1.165, 1.54) is 0 Å². The Morgan fingerprint density at radius 1 is 1.17 bits per heavy atom. The van der Waals surface area contributed by atoms with Gasteiger partial charge in [0, 0.05) is 38.8 Å². The van der Waals surface area contributed by atoms with E-state index in [1.807, 2.05) is 32.7 Å². The van der Waals surface area contributed by atoms with E-state index >= 15 is 0 Å². The van der Waals surface area contributed by atoms with E-state index in [4.69, 9.17) is 4.74 Å². The van der Waals surface area contributed by atoms with Crippen molar-refractivity contribution in [2.24, 2.45) is 10.9 Å². The van der Waals surface area contributed by atoms with Crippen LogP contribution < -0.4 is 15.4 Å². The summed E-state index contributed by atoms with van der Waals surface area (Å²) in [4.78, 5) is 18.3. The Labute approximate surface area is 177 Å². The quantitative estimate of drug-likeness (QED) is 0.376. The fourth-order valence-corrected chi connectivity index (χ4v) is 3.77. The molecular formula is C19H41N5O4S. The SMILES string of the molecule is CN=C(NCC(C)(C)NS(C)(=O)=O)N(C)CCC(NC(=O)OC(C)(C)C)C(C)C. The predicted octanol–water partition coefficient (Wildman–Crippen LogP) is 1.76. The van der Waals surface area contributed by atoms with Gasteiger partial charge >= 0.3 is 6.09 Å². The van der Waals surface area contributed by atoms with E-state index in [-0.39, 0.29) is 12.0 Å². The topological polar surface area (TPSA) is 112 Å². The summed E-state index contributed by atoms with van der Waals surface area (Å²) in [5.41, 5.74) is -1.20.